The first-order chi connectivity index (χ1) is 15.3. The normalized spacial score (nSPS) is 11.5. The van der Waals surface area contributed by atoms with Crippen molar-refractivity contribution in [3.05, 3.63) is 89.0 Å². The maximum atomic E-state index is 12.5. The summed E-state index contributed by atoms with van der Waals surface area (Å²) in [6, 6.07) is 16.1. The Kier molecular flexibility index (Phi) is 5.82. The number of rotatable bonds is 7. The Hall–Kier alpha value is -4.25. The van der Waals surface area contributed by atoms with E-state index < -0.39 is 18.3 Å². The van der Waals surface area contributed by atoms with E-state index >= 15 is 0 Å². The van der Waals surface area contributed by atoms with Crippen molar-refractivity contribution in [1.82, 2.24) is 20.6 Å². The average Bonchev–Trinajstić information content (AvgIpc) is 2.82. The number of benzene rings is 2. The summed E-state index contributed by atoms with van der Waals surface area (Å²) in [7, 11) is 1.55. The monoisotopic (exact) mass is 403 g/mol. The van der Waals surface area contributed by atoms with E-state index in [-0.39, 0.29) is 23.5 Å². The lowest BCUT2D eigenvalue weighted by molar-refractivity contribution is 0.0944. The van der Waals surface area contributed by atoms with E-state index in [0.29, 0.717) is 11.3 Å². The van der Waals surface area contributed by atoms with Gasteiger partial charge in [-0.1, -0.05) is 24.3 Å². The minimum Gasteiger partial charge on any atom is -0.497 e. The lowest BCUT2D eigenvalue weighted by atomic mass is 10.1. The number of amides is 2. The molecule has 0 fully saturated rings. The van der Waals surface area contributed by atoms with E-state index in [0.717, 1.165) is 11.9 Å². The Morgan fingerprint density at radius 2 is 1.73 bits per heavy atom. The van der Waals surface area contributed by atoms with Gasteiger partial charge >= 0.3 is 0 Å². The molecule has 0 spiro atoms. The van der Waals surface area contributed by atoms with Crippen molar-refractivity contribution in [2.45, 2.75) is 13.0 Å². The van der Waals surface area contributed by atoms with Crippen molar-refractivity contribution in [3.63, 3.8) is 0 Å². The van der Waals surface area contributed by atoms with E-state index in [4.69, 9.17) is 12.7 Å². The van der Waals surface area contributed by atoms with Crippen molar-refractivity contribution in [3.8, 4) is 11.8 Å². The Morgan fingerprint density at radius 3 is 2.40 bits per heavy atom. The molecule has 0 atom stereocenters. The van der Waals surface area contributed by atoms with Gasteiger partial charge in [0.25, 0.3) is 11.8 Å². The second-order valence-electron chi connectivity index (χ2n) is 6.09. The number of nitrogens with zero attached hydrogens (tertiary/aromatic N) is 3. The third-order valence-electron chi connectivity index (χ3n) is 4.05. The minimum atomic E-state index is -2.22. The number of aromatic nitrogens is 2. The average molecular weight is 403 g/mol. The van der Waals surface area contributed by atoms with Crippen LogP contribution in [0.5, 0.6) is 5.75 Å². The summed E-state index contributed by atoms with van der Waals surface area (Å²) in [5.41, 5.74) is 1.16. The number of hydrogen-bond acceptors (Lipinski definition) is 6. The zero-order chi connectivity index (χ0) is 23.1. The molecule has 30 heavy (non-hydrogen) atoms. The van der Waals surface area contributed by atoms with Crippen LogP contribution in [0.4, 0.5) is 0 Å². The molecule has 3 aromatic rings. The summed E-state index contributed by atoms with van der Waals surface area (Å²) in [4.78, 5) is 32.7. The molecule has 0 aliphatic carbocycles. The van der Waals surface area contributed by atoms with E-state index in [1.165, 1.54) is 30.3 Å². The van der Waals surface area contributed by atoms with E-state index in [2.05, 4.69) is 20.6 Å². The summed E-state index contributed by atoms with van der Waals surface area (Å²) in [6.45, 7) is -1.99. The molecule has 0 radical (unpaired) electrons. The van der Waals surface area contributed by atoms with Gasteiger partial charge < -0.3 is 15.4 Å². The maximum absolute atomic E-state index is 12.5. The summed E-state index contributed by atoms with van der Waals surface area (Å²) < 4.78 is 21.4. The second-order valence-corrected chi connectivity index (χ2v) is 6.09. The maximum Gasteiger partial charge on any atom is 0.270 e. The lowest BCUT2D eigenvalue weighted by Gasteiger charge is -2.08. The molecule has 0 saturated heterocycles. The predicted octanol–water partition coefficient (Wildman–Crippen LogP) is 2.22. The predicted molar refractivity (Wildman–Crippen MR) is 109 cm³/mol. The third-order valence-corrected chi connectivity index (χ3v) is 4.05. The second kappa shape index (κ2) is 9.80. The molecule has 0 aliphatic heterocycles. The highest BCUT2D eigenvalue weighted by atomic mass is 16.5. The molecule has 0 saturated carbocycles. The molecular weight excluding hydrogens is 382 g/mol. The van der Waals surface area contributed by atoms with Gasteiger partial charge in [0.05, 0.1) is 21.5 Å². The zero-order valence-electron chi connectivity index (χ0n) is 18.0. The number of nitrogens with one attached hydrogen (secondary N) is 2. The topological polar surface area (TPSA) is 117 Å². The number of carbonyl (C=O) groups excluding carboxylic acids is 2. The van der Waals surface area contributed by atoms with Crippen molar-refractivity contribution in [2.75, 3.05) is 7.11 Å². The van der Waals surface area contributed by atoms with Crippen LogP contribution in [0, 0.1) is 11.3 Å². The molecule has 150 valence electrons. The molecule has 3 rings (SSSR count). The highest BCUT2D eigenvalue weighted by Crippen LogP contribution is 2.12. The number of hydrogen-bond donors (Lipinski definition) is 2. The van der Waals surface area contributed by atoms with E-state index in [9.17, 15) is 9.59 Å². The first kappa shape index (κ1) is 17.8. The van der Waals surface area contributed by atoms with Gasteiger partial charge in [0, 0.05) is 19.1 Å². The van der Waals surface area contributed by atoms with Gasteiger partial charge in [0.1, 0.15) is 23.5 Å². The fourth-order valence-corrected chi connectivity index (χ4v) is 2.48. The van der Waals surface area contributed by atoms with Gasteiger partial charge in [-0.3, -0.25) is 9.59 Å². The molecule has 0 bridgehead atoms. The fourth-order valence-electron chi connectivity index (χ4n) is 2.48. The summed E-state index contributed by atoms with van der Waals surface area (Å²) in [5.74, 6) is -0.669. The Bertz CT molecular complexity index is 1180. The Morgan fingerprint density at radius 1 is 1.03 bits per heavy atom. The minimum absolute atomic E-state index is 0.0352. The van der Waals surface area contributed by atoms with Crippen molar-refractivity contribution < 1.29 is 17.1 Å². The Labute approximate surface area is 176 Å². The van der Waals surface area contributed by atoms with Gasteiger partial charge in [-0.15, -0.1) is 0 Å². The highest BCUT2D eigenvalue weighted by molar-refractivity contribution is 5.97. The number of carbonyl (C=O) groups is 2. The van der Waals surface area contributed by atoms with Crippen LogP contribution in [0.25, 0.3) is 0 Å². The van der Waals surface area contributed by atoms with Crippen molar-refractivity contribution in [2.24, 2.45) is 0 Å². The highest BCUT2D eigenvalue weighted by Gasteiger charge is 2.13. The van der Waals surface area contributed by atoms with Gasteiger partial charge in [-0.05, 0) is 35.4 Å². The van der Waals surface area contributed by atoms with E-state index in [1.807, 2.05) is 12.1 Å². The van der Waals surface area contributed by atoms with Crippen LogP contribution in [0.3, 0.4) is 0 Å². The summed E-state index contributed by atoms with van der Waals surface area (Å²) in [5, 5.41) is 13.8. The van der Waals surface area contributed by atoms with E-state index in [1.54, 1.807) is 25.3 Å². The molecule has 0 aliphatic rings. The van der Waals surface area contributed by atoms with Crippen LogP contribution in [-0.2, 0) is 13.0 Å². The van der Waals surface area contributed by atoms with Gasteiger partial charge in [0.15, 0.2) is 0 Å². The SMILES string of the molecule is [2H]C([2H])(NC(=O)c1cc(C(=O)NCc2cccc(OC)c2)ncn1)c1ccc(C#N)cc1. The van der Waals surface area contributed by atoms with Crippen LogP contribution < -0.4 is 15.4 Å². The Balaban J connectivity index is 1.68. The van der Waals surface area contributed by atoms with Gasteiger partial charge in [-0.25, -0.2) is 9.97 Å². The fraction of sp³-hybridized carbons (Fsp3) is 0.136. The van der Waals surface area contributed by atoms with Crippen molar-refractivity contribution in [1.29, 1.82) is 5.26 Å². The lowest BCUT2D eigenvalue weighted by Crippen LogP contribution is -2.27. The molecule has 8 heteroatoms. The zero-order valence-corrected chi connectivity index (χ0v) is 16.0. The summed E-state index contributed by atoms with van der Waals surface area (Å²) >= 11 is 0. The first-order valence-corrected chi connectivity index (χ1v) is 8.89. The van der Waals surface area contributed by atoms with Crippen LogP contribution in [0.15, 0.2) is 60.9 Å². The van der Waals surface area contributed by atoms with Crippen LogP contribution in [0.1, 0.15) is 40.4 Å². The molecule has 2 amide bonds. The standard InChI is InChI=1S/C22H19N5O3/c1-30-18-4-2-3-17(9-18)13-25-22(29)20-10-19(26-14-27-20)21(28)24-12-16-7-5-15(11-23)6-8-16/h2-10,14H,12-13H2,1H3,(H,24,28)(H,25,29)/i12D2. The molecular formula is C22H19N5O3. The molecule has 1 heterocycles. The van der Waals surface area contributed by atoms with Gasteiger partial charge in [0.2, 0.25) is 0 Å². The molecule has 2 aromatic carbocycles. The number of nitriles is 1. The smallest absolute Gasteiger partial charge is 0.270 e. The van der Waals surface area contributed by atoms with Gasteiger partial charge in [-0.2, -0.15) is 5.26 Å². The molecule has 0 unspecified atom stereocenters. The van der Waals surface area contributed by atoms with Crippen LogP contribution >= 0.6 is 0 Å². The molecule has 8 nitrogen and oxygen atoms in total. The number of methoxy groups -OCH3 is 1. The van der Waals surface area contributed by atoms with Crippen LogP contribution in [0.2, 0.25) is 0 Å². The molecule has 1 aromatic heterocycles. The number of ether oxygens (including phenoxy) is 1. The quantitative estimate of drug-likeness (QED) is 0.625. The third kappa shape index (κ3) is 5.39. The largest absolute Gasteiger partial charge is 0.497 e. The first-order valence-electron chi connectivity index (χ1n) is 9.89. The van der Waals surface area contributed by atoms with Crippen molar-refractivity contribution >= 4 is 11.8 Å². The summed E-state index contributed by atoms with van der Waals surface area (Å²) in [6.07, 6.45) is 1.06. The molecule has 2 N–H and O–H groups in total. The van der Waals surface area contributed by atoms with Crippen LogP contribution in [-0.4, -0.2) is 28.9 Å².